The van der Waals surface area contributed by atoms with E-state index in [1.165, 1.54) is 15.2 Å². The lowest BCUT2D eigenvalue weighted by Gasteiger charge is -1.88. The van der Waals surface area contributed by atoms with Gasteiger partial charge in [-0.25, -0.2) is 0 Å². The van der Waals surface area contributed by atoms with Gasteiger partial charge in [-0.05, 0) is 13.0 Å². The lowest BCUT2D eigenvalue weighted by Crippen LogP contribution is -2.33. The summed E-state index contributed by atoms with van der Waals surface area (Å²) in [6, 6.07) is 8.56. The van der Waals surface area contributed by atoms with Crippen LogP contribution in [0.1, 0.15) is 11.9 Å². The first-order valence-electron chi connectivity index (χ1n) is 4.21. The molecular formula is C10H13INS+. The zero-order valence-corrected chi connectivity index (χ0v) is 10.9. The molecule has 1 aromatic carbocycles. The van der Waals surface area contributed by atoms with Crippen LogP contribution in [0, 0.1) is 6.92 Å². The average molecular weight is 306 g/mol. The Bertz CT molecular complexity index is 408. The fraction of sp³-hybridized carbons (Fsp3) is 0.300. The lowest BCUT2D eigenvalue weighted by molar-refractivity contribution is -0.669. The molecule has 0 N–H and O–H groups in total. The van der Waals surface area contributed by atoms with Gasteiger partial charge in [0.25, 0.3) is 0 Å². The van der Waals surface area contributed by atoms with E-state index in [4.69, 9.17) is 0 Å². The number of benzene rings is 1. The van der Waals surface area contributed by atoms with Crippen LogP contribution >= 0.6 is 35.3 Å². The van der Waals surface area contributed by atoms with Crippen molar-refractivity contribution in [1.29, 1.82) is 0 Å². The van der Waals surface area contributed by atoms with Crippen molar-refractivity contribution in [3.63, 3.8) is 0 Å². The van der Waals surface area contributed by atoms with Crippen LogP contribution < -0.4 is 4.57 Å². The Hall–Kier alpha value is -0.160. The molecule has 13 heavy (non-hydrogen) atoms. The molecule has 1 aromatic heterocycles. The summed E-state index contributed by atoms with van der Waals surface area (Å²) in [5.41, 5.74) is 1.36. The van der Waals surface area contributed by atoms with Gasteiger partial charge in [0.1, 0.15) is 11.2 Å². The van der Waals surface area contributed by atoms with E-state index in [1.807, 2.05) is 11.3 Å². The molecule has 1 nitrogen and oxygen atoms in total. The van der Waals surface area contributed by atoms with E-state index >= 15 is 0 Å². The highest BCUT2D eigenvalue weighted by Crippen LogP contribution is 2.18. The second kappa shape index (κ2) is 4.37. The Morgan fingerprint density at radius 1 is 1.31 bits per heavy atom. The Morgan fingerprint density at radius 3 is 2.69 bits per heavy atom. The van der Waals surface area contributed by atoms with E-state index in [1.54, 1.807) is 0 Å². The molecule has 2 aromatic rings. The Labute approximate surface area is 99.4 Å². The van der Waals surface area contributed by atoms with E-state index < -0.39 is 0 Å². The van der Waals surface area contributed by atoms with Gasteiger partial charge in [0, 0.05) is 13.0 Å². The molecule has 0 saturated heterocycles. The normalized spacial score (nSPS) is 10.0. The van der Waals surface area contributed by atoms with Gasteiger partial charge in [0.2, 0.25) is 10.5 Å². The van der Waals surface area contributed by atoms with E-state index in [-0.39, 0.29) is 24.0 Å². The number of thiazole rings is 1. The molecule has 1 heterocycles. The molecule has 0 unspecified atom stereocenters. The van der Waals surface area contributed by atoms with Crippen molar-refractivity contribution in [2.45, 2.75) is 20.4 Å². The van der Waals surface area contributed by atoms with Gasteiger partial charge in [-0.2, -0.15) is 4.57 Å². The fourth-order valence-electron chi connectivity index (χ4n) is 1.54. The van der Waals surface area contributed by atoms with Crippen molar-refractivity contribution in [3.05, 3.63) is 29.3 Å². The van der Waals surface area contributed by atoms with Crippen LogP contribution in [0.4, 0.5) is 0 Å². The van der Waals surface area contributed by atoms with Crippen LogP contribution in [0.5, 0.6) is 0 Å². The first kappa shape index (κ1) is 10.9. The van der Waals surface area contributed by atoms with Crippen LogP contribution in [-0.4, -0.2) is 0 Å². The van der Waals surface area contributed by atoms with E-state index in [2.05, 4.69) is 42.7 Å². The SMILES string of the molecule is CC[n+]1c(C)sc2ccccc21.I. The second-order valence-electron chi connectivity index (χ2n) is 2.83. The molecule has 0 atom stereocenters. The van der Waals surface area contributed by atoms with Crippen LogP contribution in [-0.2, 0) is 6.54 Å². The number of halogens is 1. The molecule has 3 heteroatoms. The minimum atomic E-state index is 0. The summed E-state index contributed by atoms with van der Waals surface area (Å²) in [5, 5.41) is 1.39. The monoisotopic (exact) mass is 306 g/mol. The molecule has 0 radical (unpaired) electrons. The Morgan fingerprint density at radius 2 is 2.00 bits per heavy atom. The van der Waals surface area contributed by atoms with Crippen molar-refractivity contribution in [2.75, 3.05) is 0 Å². The number of hydrogen-bond donors (Lipinski definition) is 0. The molecule has 0 spiro atoms. The summed E-state index contributed by atoms with van der Waals surface area (Å²) >= 11 is 1.87. The first-order valence-corrected chi connectivity index (χ1v) is 5.02. The summed E-state index contributed by atoms with van der Waals surface area (Å²) in [6.45, 7) is 5.43. The van der Waals surface area contributed by atoms with Gasteiger partial charge in [-0.15, -0.1) is 24.0 Å². The van der Waals surface area contributed by atoms with Gasteiger partial charge < -0.3 is 0 Å². The molecule has 2 rings (SSSR count). The zero-order valence-electron chi connectivity index (χ0n) is 7.78. The number of para-hydroxylation sites is 1. The molecule has 0 fully saturated rings. The highest BCUT2D eigenvalue weighted by molar-refractivity contribution is 14.0. The smallest absolute Gasteiger partial charge is 0.186 e. The van der Waals surface area contributed by atoms with Crippen molar-refractivity contribution >= 4 is 45.5 Å². The summed E-state index contributed by atoms with van der Waals surface area (Å²) in [5.74, 6) is 0. The Kier molecular flexibility index (Phi) is 3.67. The molecule has 0 saturated carbocycles. The summed E-state index contributed by atoms with van der Waals surface area (Å²) in [6.07, 6.45) is 0. The number of fused-ring (bicyclic) bond motifs is 1. The van der Waals surface area contributed by atoms with Crippen LogP contribution in [0.3, 0.4) is 0 Å². The highest BCUT2D eigenvalue weighted by Gasteiger charge is 2.13. The highest BCUT2D eigenvalue weighted by atomic mass is 127. The zero-order chi connectivity index (χ0) is 8.55. The lowest BCUT2D eigenvalue weighted by atomic mass is 10.3. The third-order valence-corrected chi connectivity index (χ3v) is 3.19. The van der Waals surface area contributed by atoms with Gasteiger partial charge in [-0.3, -0.25) is 0 Å². The molecule has 0 bridgehead atoms. The van der Waals surface area contributed by atoms with Crippen LogP contribution in [0.15, 0.2) is 24.3 Å². The van der Waals surface area contributed by atoms with Gasteiger partial charge in [0.15, 0.2) is 0 Å². The molecule has 0 amide bonds. The maximum absolute atomic E-state index is 2.35. The molecule has 70 valence electrons. The molecular weight excluding hydrogens is 293 g/mol. The summed E-state index contributed by atoms with van der Waals surface area (Å²) in [4.78, 5) is 0. The van der Waals surface area contributed by atoms with Crippen molar-refractivity contribution in [1.82, 2.24) is 0 Å². The quantitative estimate of drug-likeness (QED) is 0.563. The third-order valence-electron chi connectivity index (χ3n) is 2.11. The Balaban J connectivity index is 0.000000845. The van der Waals surface area contributed by atoms with Gasteiger partial charge in [0.05, 0.1) is 0 Å². The van der Waals surface area contributed by atoms with E-state index in [0.29, 0.717) is 0 Å². The summed E-state index contributed by atoms with van der Waals surface area (Å²) < 4.78 is 3.73. The van der Waals surface area contributed by atoms with Crippen LogP contribution in [0.2, 0.25) is 0 Å². The fourth-order valence-corrected chi connectivity index (χ4v) is 2.63. The molecule has 0 aliphatic rings. The van der Waals surface area contributed by atoms with Crippen molar-refractivity contribution in [2.24, 2.45) is 0 Å². The number of aromatic nitrogens is 1. The summed E-state index contributed by atoms with van der Waals surface area (Å²) in [7, 11) is 0. The standard InChI is InChI=1S/C10H12NS.HI/c1-3-11-8(2)12-10-7-5-4-6-9(10)11;/h4-7H,3H2,1-2H3;1H/q+1;. The van der Waals surface area contributed by atoms with Crippen LogP contribution in [0.25, 0.3) is 10.2 Å². The molecule has 0 aliphatic carbocycles. The number of nitrogens with zero attached hydrogens (tertiary/aromatic N) is 1. The minimum absolute atomic E-state index is 0. The number of hydrogen-bond acceptors (Lipinski definition) is 1. The largest absolute Gasteiger partial charge is 0.235 e. The van der Waals surface area contributed by atoms with Gasteiger partial charge in [-0.1, -0.05) is 23.5 Å². The number of rotatable bonds is 1. The maximum atomic E-state index is 2.35. The predicted octanol–water partition coefficient (Wildman–Crippen LogP) is 3.14. The van der Waals surface area contributed by atoms with E-state index in [9.17, 15) is 0 Å². The maximum Gasteiger partial charge on any atom is 0.235 e. The predicted molar refractivity (Wildman–Crippen MR) is 67.8 cm³/mol. The van der Waals surface area contributed by atoms with Crippen molar-refractivity contribution < 1.29 is 4.57 Å². The molecule has 0 aliphatic heterocycles. The minimum Gasteiger partial charge on any atom is -0.186 e. The van der Waals surface area contributed by atoms with E-state index in [0.717, 1.165) is 6.54 Å². The first-order chi connectivity index (χ1) is 5.83. The topological polar surface area (TPSA) is 3.88 Å². The number of aryl methyl sites for hydroxylation is 2. The van der Waals surface area contributed by atoms with Crippen molar-refractivity contribution in [3.8, 4) is 0 Å². The third kappa shape index (κ3) is 1.86. The average Bonchev–Trinajstić information content (AvgIpc) is 2.40. The second-order valence-corrected chi connectivity index (χ2v) is 4.07. The van der Waals surface area contributed by atoms with Gasteiger partial charge >= 0.3 is 0 Å².